The van der Waals surface area contributed by atoms with Crippen molar-refractivity contribution in [2.24, 2.45) is 4.99 Å². The van der Waals surface area contributed by atoms with Crippen molar-refractivity contribution in [1.29, 1.82) is 0 Å². The fourth-order valence-corrected chi connectivity index (χ4v) is 2.52. The molecule has 1 aromatic heterocycles. The summed E-state index contributed by atoms with van der Waals surface area (Å²) >= 11 is 3.34. The molecule has 0 bridgehead atoms. The van der Waals surface area contributed by atoms with Crippen molar-refractivity contribution < 1.29 is 9.18 Å². The summed E-state index contributed by atoms with van der Waals surface area (Å²) in [6.07, 6.45) is 3.34. The molecular formula is C20H16BrFN4O. The summed E-state index contributed by atoms with van der Waals surface area (Å²) in [6, 6.07) is 16.6. The number of pyridine rings is 1. The third kappa shape index (κ3) is 5.72. The Bertz CT molecular complexity index is 946. The zero-order valence-corrected chi connectivity index (χ0v) is 15.8. The van der Waals surface area contributed by atoms with Crippen molar-refractivity contribution >= 4 is 33.5 Å². The predicted molar refractivity (Wildman–Crippen MR) is 107 cm³/mol. The lowest BCUT2D eigenvalue weighted by atomic mass is 10.2. The molecule has 2 aromatic carbocycles. The van der Waals surface area contributed by atoms with Crippen LogP contribution in [0.1, 0.15) is 15.9 Å². The third-order valence-corrected chi connectivity index (χ3v) is 4.12. The highest BCUT2D eigenvalue weighted by molar-refractivity contribution is 9.10. The maximum Gasteiger partial charge on any atom is 0.257 e. The number of carbonyl (C=O) groups excluding carboxylic acids is 1. The number of nitrogens with one attached hydrogen (secondary N) is 2. The third-order valence-electron chi connectivity index (χ3n) is 3.59. The van der Waals surface area contributed by atoms with Gasteiger partial charge in [0.05, 0.1) is 6.54 Å². The highest BCUT2D eigenvalue weighted by Crippen LogP contribution is 2.12. The molecule has 3 rings (SSSR count). The average molecular weight is 427 g/mol. The van der Waals surface area contributed by atoms with Crippen LogP contribution in [0.25, 0.3) is 0 Å². The molecule has 2 N–H and O–H groups in total. The van der Waals surface area contributed by atoms with E-state index in [4.69, 9.17) is 0 Å². The van der Waals surface area contributed by atoms with E-state index in [2.05, 4.69) is 36.5 Å². The molecule has 0 radical (unpaired) electrons. The highest BCUT2D eigenvalue weighted by atomic mass is 79.9. The lowest BCUT2D eigenvalue weighted by Gasteiger charge is -2.12. The quantitative estimate of drug-likeness (QED) is 0.480. The van der Waals surface area contributed by atoms with Gasteiger partial charge < -0.3 is 5.32 Å². The number of benzene rings is 2. The molecular weight excluding hydrogens is 411 g/mol. The van der Waals surface area contributed by atoms with Crippen LogP contribution in [0.3, 0.4) is 0 Å². The monoisotopic (exact) mass is 426 g/mol. The van der Waals surface area contributed by atoms with E-state index in [1.54, 1.807) is 48.8 Å². The van der Waals surface area contributed by atoms with Crippen LogP contribution in [-0.2, 0) is 6.54 Å². The first-order valence-corrected chi connectivity index (χ1v) is 8.92. The van der Waals surface area contributed by atoms with Crippen LogP contribution in [0.4, 0.5) is 10.1 Å². The van der Waals surface area contributed by atoms with Crippen molar-refractivity contribution in [3.8, 4) is 0 Å². The van der Waals surface area contributed by atoms with Gasteiger partial charge in [-0.1, -0.05) is 22.0 Å². The molecule has 0 unspecified atom stereocenters. The van der Waals surface area contributed by atoms with E-state index in [1.165, 1.54) is 12.1 Å². The minimum atomic E-state index is -0.382. The lowest BCUT2D eigenvalue weighted by molar-refractivity contribution is 0.0977. The van der Waals surface area contributed by atoms with Crippen molar-refractivity contribution in [1.82, 2.24) is 10.3 Å². The molecule has 1 amide bonds. The number of rotatable bonds is 4. The Kier molecular flexibility index (Phi) is 6.27. The molecule has 0 fully saturated rings. The molecule has 0 saturated carbocycles. The van der Waals surface area contributed by atoms with Gasteiger partial charge in [-0.05, 0) is 60.2 Å². The number of carbonyl (C=O) groups is 1. The van der Waals surface area contributed by atoms with Gasteiger partial charge >= 0.3 is 0 Å². The number of guanidine groups is 1. The fraction of sp³-hybridized carbons (Fsp3) is 0.0500. The molecule has 0 aliphatic rings. The Labute approximate surface area is 164 Å². The second kappa shape index (κ2) is 9.05. The number of amides is 1. The van der Waals surface area contributed by atoms with Crippen LogP contribution in [0.2, 0.25) is 0 Å². The van der Waals surface area contributed by atoms with Crippen LogP contribution in [0.5, 0.6) is 0 Å². The summed E-state index contributed by atoms with van der Waals surface area (Å²) in [5.74, 6) is -0.474. The molecule has 0 spiro atoms. The number of nitrogens with zero attached hydrogens (tertiary/aromatic N) is 2. The van der Waals surface area contributed by atoms with Gasteiger partial charge in [-0.3, -0.25) is 15.1 Å². The Morgan fingerprint density at radius 2 is 1.81 bits per heavy atom. The summed E-state index contributed by atoms with van der Waals surface area (Å²) in [6.45, 7) is 0.334. The highest BCUT2D eigenvalue weighted by Gasteiger charge is 2.10. The number of aliphatic imine (C=N–C) groups is 1. The van der Waals surface area contributed by atoms with Gasteiger partial charge in [0.2, 0.25) is 5.96 Å². The number of hydrogen-bond acceptors (Lipinski definition) is 3. The fourth-order valence-electron chi connectivity index (χ4n) is 2.25. The maximum absolute atomic E-state index is 13.5. The minimum absolute atomic E-state index is 0.227. The zero-order valence-electron chi connectivity index (χ0n) is 14.2. The van der Waals surface area contributed by atoms with Crippen LogP contribution in [0, 0.1) is 5.82 Å². The van der Waals surface area contributed by atoms with Gasteiger partial charge in [0.15, 0.2) is 0 Å². The zero-order chi connectivity index (χ0) is 19.1. The van der Waals surface area contributed by atoms with E-state index in [1.807, 2.05) is 12.1 Å². The molecule has 0 atom stereocenters. The molecule has 3 aromatic rings. The molecule has 5 nitrogen and oxygen atoms in total. The minimum Gasteiger partial charge on any atom is -0.326 e. The van der Waals surface area contributed by atoms with E-state index >= 15 is 0 Å². The van der Waals surface area contributed by atoms with Gasteiger partial charge in [-0.2, -0.15) is 0 Å². The average Bonchev–Trinajstić information content (AvgIpc) is 2.67. The van der Waals surface area contributed by atoms with Crippen molar-refractivity contribution in [3.05, 3.63) is 94.5 Å². The molecule has 0 saturated heterocycles. The topological polar surface area (TPSA) is 66.4 Å². The van der Waals surface area contributed by atoms with Crippen molar-refractivity contribution in [2.75, 3.05) is 5.32 Å². The van der Waals surface area contributed by atoms with Gasteiger partial charge in [0.25, 0.3) is 5.91 Å². The van der Waals surface area contributed by atoms with Crippen LogP contribution >= 0.6 is 15.9 Å². The number of anilines is 1. The van der Waals surface area contributed by atoms with Crippen molar-refractivity contribution in [3.63, 3.8) is 0 Å². The molecule has 27 heavy (non-hydrogen) atoms. The van der Waals surface area contributed by atoms with E-state index in [0.717, 1.165) is 10.0 Å². The van der Waals surface area contributed by atoms with E-state index in [-0.39, 0.29) is 17.7 Å². The Hall–Kier alpha value is -3.06. The molecule has 0 aliphatic heterocycles. The largest absolute Gasteiger partial charge is 0.326 e. The SMILES string of the molecule is O=C(NC(=NCc1ccncc1)Nc1cccc(F)c1)c1ccc(Br)cc1. The number of halogens is 2. The van der Waals surface area contributed by atoms with E-state index < -0.39 is 0 Å². The second-order valence-electron chi connectivity index (χ2n) is 5.62. The summed E-state index contributed by atoms with van der Waals surface area (Å²) in [4.78, 5) is 20.9. The van der Waals surface area contributed by atoms with Crippen LogP contribution in [0.15, 0.2) is 82.5 Å². The van der Waals surface area contributed by atoms with E-state index in [0.29, 0.717) is 17.8 Å². The Morgan fingerprint density at radius 3 is 2.52 bits per heavy atom. The lowest BCUT2D eigenvalue weighted by Crippen LogP contribution is -2.36. The standard InChI is InChI=1S/C20H16BrFN4O/c21-16-6-4-15(5-7-16)19(27)26-20(24-13-14-8-10-23-11-9-14)25-18-3-1-2-17(22)12-18/h1-12H,13H2,(H2,24,25,26,27). The maximum atomic E-state index is 13.5. The molecule has 1 heterocycles. The summed E-state index contributed by atoms with van der Waals surface area (Å²) in [5, 5.41) is 5.69. The van der Waals surface area contributed by atoms with Gasteiger partial charge in [-0.15, -0.1) is 0 Å². The summed E-state index contributed by atoms with van der Waals surface area (Å²) in [7, 11) is 0. The smallest absolute Gasteiger partial charge is 0.257 e. The van der Waals surface area contributed by atoms with Crippen molar-refractivity contribution in [2.45, 2.75) is 6.54 Å². The number of hydrogen-bond donors (Lipinski definition) is 2. The normalized spacial score (nSPS) is 11.1. The van der Waals surface area contributed by atoms with Gasteiger partial charge in [0, 0.05) is 28.1 Å². The summed E-state index contributed by atoms with van der Waals surface area (Å²) in [5.41, 5.74) is 1.90. The first kappa shape index (κ1) is 18.7. The van der Waals surface area contributed by atoms with Gasteiger partial charge in [0.1, 0.15) is 5.82 Å². The van der Waals surface area contributed by atoms with Crippen LogP contribution < -0.4 is 10.6 Å². The molecule has 136 valence electrons. The molecule has 0 aliphatic carbocycles. The second-order valence-corrected chi connectivity index (χ2v) is 6.53. The predicted octanol–water partition coefficient (Wildman–Crippen LogP) is 4.38. The van der Waals surface area contributed by atoms with Crippen LogP contribution in [-0.4, -0.2) is 16.9 Å². The molecule has 7 heteroatoms. The van der Waals surface area contributed by atoms with E-state index in [9.17, 15) is 9.18 Å². The first-order chi connectivity index (χ1) is 13.1. The summed E-state index contributed by atoms with van der Waals surface area (Å²) < 4.78 is 14.3. The Balaban J connectivity index is 1.79. The Morgan fingerprint density at radius 1 is 1.07 bits per heavy atom. The van der Waals surface area contributed by atoms with Gasteiger partial charge in [-0.25, -0.2) is 9.38 Å². The first-order valence-electron chi connectivity index (χ1n) is 8.13. The number of aromatic nitrogens is 1.